The summed E-state index contributed by atoms with van der Waals surface area (Å²) in [4.78, 5) is 17.3. The fraction of sp³-hybridized carbons (Fsp3) is 0. The van der Waals surface area contributed by atoms with Crippen molar-refractivity contribution in [2.45, 2.75) is 0 Å². The first kappa shape index (κ1) is 9.86. The summed E-state index contributed by atoms with van der Waals surface area (Å²) in [6.45, 7) is 0. The average molecular weight is 225 g/mol. The Morgan fingerprint density at radius 1 is 1.33 bits per heavy atom. The standard InChI is InChI=1S/C10H6ClFN2O/c11-7-3-1-2-6(9(7)12)10-13-5-4-8(15)14-10/h1-5H,(H,13,14,15). The third-order valence-corrected chi connectivity index (χ3v) is 2.17. The largest absolute Gasteiger partial charge is 0.306 e. The molecule has 0 aliphatic carbocycles. The van der Waals surface area contributed by atoms with E-state index in [1.807, 2.05) is 0 Å². The van der Waals surface area contributed by atoms with Crippen LogP contribution in [0.1, 0.15) is 0 Å². The molecule has 0 amide bonds. The first-order chi connectivity index (χ1) is 7.18. The Morgan fingerprint density at radius 2 is 2.13 bits per heavy atom. The molecule has 0 spiro atoms. The van der Waals surface area contributed by atoms with Crippen LogP contribution in [0.25, 0.3) is 11.4 Å². The third-order valence-electron chi connectivity index (χ3n) is 1.88. The molecule has 1 aromatic carbocycles. The van der Waals surface area contributed by atoms with Crippen LogP contribution < -0.4 is 5.56 Å². The molecule has 0 saturated heterocycles. The maximum atomic E-state index is 13.5. The lowest BCUT2D eigenvalue weighted by Gasteiger charge is -2.02. The zero-order valence-electron chi connectivity index (χ0n) is 7.50. The average Bonchev–Trinajstić information content (AvgIpc) is 2.22. The third kappa shape index (κ3) is 1.89. The Bertz CT molecular complexity index is 553. The molecular formula is C10H6ClFN2O. The predicted octanol–water partition coefficient (Wildman–Crippen LogP) is 2.23. The van der Waals surface area contributed by atoms with Gasteiger partial charge in [0, 0.05) is 12.3 Å². The highest BCUT2D eigenvalue weighted by molar-refractivity contribution is 6.31. The van der Waals surface area contributed by atoms with Crippen molar-refractivity contribution in [3.8, 4) is 11.4 Å². The lowest BCUT2D eigenvalue weighted by atomic mass is 10.2. The molecule has 2 aromatic rings. The molecule has 1 aromatic heterocycles. The first-order valence-corrected chi connectivity index (χ1v) is 4.56. The normalized spacial score (nSPS) is 10.3. The highest BCUT2D eigenvalue weighted by Crippen LogP contribution is 2.23. The van der Waals surface area contributed by atoms with Crippen molar-refractivity contribution in [2.75, 3.05) is 0 Å². The summed E-state index contributed by atoms with van der Waals surface area (Å²) in [5.41, 5.74) is -0.153. The van der Waals surface area contributed by atoms with E-state index in [-0.39, 0.29) is 22.0 Å². The fourth-order valence-corrected chi connectivity index (χ4v) is 1.37. The summed E-state index contributed by atoms with van der Waals surface area (Å²) in [7, 11) is 0. The van der Waals surface area contributed by atoms with Gasteiger partial charge in [-0.2, -0.15) is 0 Å². The van der Waals surface area contributed by atoms with Crippen molar-refractivity contribution in [3.05, 3.63) is 51.7 Å². The van der Waals surface area contributed by atoms with Gasteiger partial charge in [0.2, 0.25) is 0 Å². The maximum absolute atomic E-state index is 13.5. The molecule has 0 aliphatic rings. The summed E-state index contributed by atoms with van der Waals surface area (Å²) in [5, 5.41) is -0.000924. The van der Waals surface area contributed by atoms with Crippen LogP contribution in [-0.4, -0.2) is 9.97 Å². The SMILES string of the molecule is O=c1ccnc(-c2cccc(Cl)c2F)[nH]1. The Labute approximate surface area is 89.6 Å². The molecule has 2 rings (SSSR count). The van der Waals surface area contributed by atoms with Gasteiger partial charge in [0.05, 0.1) is 10.6 Å². The minimum atomic E-state index is -0.589. The monoisotopic (exact) mass is 224 g/mol. The Balaban J connectivity index is 2.64. The van der Waals surface area contributed by atoms with Gasteiger partial charge < -0.3 is 4.98 Å². The van der Waals surface area contributed by atoms with Gasteiger partial charge in [-0.05, 0) is 12.1 Å². The van der Waals surface area contributed by atoms with Crippen molar-refractivity contribution in [2.24, 2.45) is 0 Å². The van der Waals surface area contributed by atoms with Gasteiger partial charge in [0.25, 0.3) is 5.56 Å². The molecule has 5 heteroatoms. The summed E-state index contributed by atoms with van der Waals surface area (Å²) in [6, 6.07) is 5.78. The number of benzene rings is 1. The van der Waals surface area contributed by atoms with Crippen LogP contribution in [0.15, 0.2) is 35.3 Å². The van der Waals surface area contributed by atoms with E-state index < -0.39 is 5.82 Å². The quantitative estimate of drug-likeness (QED) is 0.808. The molecule has 76 valence electrons. The number of rotatable bonds is 1. The van der Waals surface area contributed by atoms with Gasteiger partial charge >= 0.3 is 0 Å². The highest BCUT2D eigenvalue weighted by atomic mass is 35.5. The molecule has 0 radical (unpaired) electrons. The van der Waals surface area contributed by atoms with Crippen LogP contribution in [0.3, 0.4) is 0 Å². The number of aromatic nitrogens is 2. The zero-order chi connectivity index (χ0) is 10.8. The molecular weight excluding hydrogens is 219 g/mol. The van der Waals surface area contributed by atoms with Gasteiger partial charge in [0.15, 0.2) is 5.82 Å². The van der Waals surface area contributed by atoms with Crippen LogP contribution >= 0.6 is 11.6 Å². The maximum Gasteiger partial charge on any atom is 0.251 e. The molecule has 0 unspecified atom stereocenters. The Hall–Kier alpha value is -1.68. The first-order valence-electron chi connectivity index (χ1n) is 4.18. The molecule has 0 aliphatic heterocycles. The summed E-state index contributed by atoms with van der Waals surface area (Å²) in [6.07, 6.45) is 1.31. The van der Waals surface area contributed by atoms with E-state index in [0.29, 0.717) is 0 Å². The summed E-state index contributed by atoms with van der Waals surface area (Å²) in [5.74, 6) is -0.420. The number of nitrogens with zero attached hydrogens (tertiary/aromatic N) is 1. The van der Waals surface area contributed by atoms with Crippen LogP contribution in [0.2, 0.25) is 5.02 Å². The van der Waals surface area contributed by atoms with Crippen molar-refractivity contribution in [1.82, 2.24) is 9.97 Å². The van der Waals surface area contributed by atoms with Crippen LogP contribution in [0.4, 0.5) is 4.39 Å². The van der Waals surface area contributed by atoms with Crippen molar-refractivity contribution in [3.63, 3.8) is 0 Å². The summed E-state index contributed by atoms with van der Waals surface area (Å²) >= 11 is 5.61. The molecule has 15 heavy (non-hydrogen) atoms. The van der Waals surface area contributed by atoms with E-state index in [1.165, 1.54) is 24.4 Å². The molecule has 3 nitrogen and oxygen atoms in total. The number of hydrogen-bond donors (Lipinski definition) is 1. The van der Waals surface area contributed by atoms with E-state index >= 15 is 0 Å². The van der Waals surface area contributed by atoms with Crippen LogP contribution in [-0.2, 0) is 0 Å². The predicted molar refractivity (Wildman–Crippen MR) is 55.3 cm³/mol. The molecule has 1 N–H and O–H groups in total. The van der Waals surface area contributed by atoms with Gasteiger partial charge in [-0.25, -0.2) is 9.37 Å². The second kappa shape index (κ2) is 3.82. The van der Waals surface area contributed by atoms with Gasteiger partial charge in [0.1, 0.15) is 5.82 Å². The van der Waals surface area contributed by atoms with E-state index in [2.05, 4.69) is 9.97 Å². The molecule has 0 saturated carbocycles. The van der Waals surface area contributed by atoms with Crippen molar-refractivity contribution >= 4 is 11.6 Å². The minimum Gasteiger partial charge on any atom is -0.306 e. The van der Waals surface area contributed by atoms with Crippen LogP contribution in [0, 0.1) is 5.82 Å². The Morgan fingerprint density at radius 3 is 2.87 bits per heavy atom. The number of hydrogen-bond acceptors (Lipinski definition) is 2. The second-order valence-corrected chi connectivity index (χ2v) is 3.29. The second-order valence-electron chi connectivity index (χ2n) is 2.88. The van der Waals surface area contributed by atoms with E-state index in [0.717, 1.165) is 0 Å². The smallest absolute Gasteiger partial charge is 0.251 e. The number of nitrogens with one attached hydrogen (secondary N) is 1. The highest BCUT2D eigenvalue weighted by Gasteiger charge is 2.09. The van der Waals surface area contributed by atoms with E-state index in [1.54, 1.807) is 6.07 Å². The molecule has 0 bridgehead atoms. The van der Waals surface area contributed by atoms with Gasteiger partial charge in [-0.3, -0.25) is 4.79 Å². The van der Waals surface area contributed by atoms with Crippen molar-refractivity contribution in [1.29, 1.82) is 0 Å². The van der Waals surface area contributed by atoms with E-state index in [9.17, 15) is 9.18 Å². The molecule has 1 heterocycles. The fourth-order valence-electron chi connectivity index (χ4n) is 1.19. The van der Waals surface area contributed by atoms with Gasteiger partial charge in [-0.1, -0.05) is 17.7 Å². The van der Waals surface area contributed by atoms with E-state index in [4.69, 9.17) is 11.6 Å². The number of aromatic amines is 1. The number of halogens is 2. The molecule has 0 atom stereocenters. The lowest BCUT2D eigenvalue weighted by Crippen LogP contribution is -2.06. The lowest BCUT2D eigenvalue weighted by molar-refractivity contribution is 0.630. The van der Waals surface area contributed by atoms with Crippen LogP contribution in [0.5, 0.6) is 0 Å². The Kier molecular flexibility index (Phi) is 2.51. The van der Waals surface area contributed by atoms with Gasteiger partial charge in [-0.15, -0.1) is 0 Å². The summed E-state index contributed by atoms with van der Waals surface area (Å²) < 4.78 is 13.5. The topological polar surface area (TPSA) is 45.8 Å². The zero-order valence-corrected chi connectivity index (χ0v) is 8.25. The minimum absolute atomic E-state index is 0.000924. The molecule has 0 fully saturated rings. The van der Waals surface area contributed by atoms with Crippen molar-refractivity contribution < 1.29 is 4.39 Å². The number of H-pyrrole nitrogens is 1.